The highest BCUT2D eigenvalue weighted by atomic mass is 35.5. The first-order valence-electron chi connectivity index (χ1n) is 5.76. The number of nitrogens with zero attached hydrogens (tertiary/aromatic N) is 1. The van der Waals surface area contributed by atoms with Crippen LogP contribution in [0, 0.1) is 0 Å². The van der Waals surface area contributed by atoms with Gasteiger partial charge in [0.1, 0.15) is 0 Å². The van der Waals surface area contributed by atoms with Crippen molar-refractivity contribution in [2.45, 2.75) is 12.8 Å². The average Bonchev–Trinajstić information content (AvgIpc) is 2.71. The highest BCUT2D eigenvalue weighted by Gasteiger charge is 2.43. The van der Waals surface area contributed by atoms with Crippen molar-refractivity contribution < 1.29 is 18.3 Å². The van der Waals surface area contributed by atoms with Gasteiger partial charge in [0.05, 0.1) is 5.02 Å². The number of fused-ring (bicyclic) bond motifs is 1. The lowest BCUT2D eigenvalue weighted by atomic mass is 10.2. The third-order valence-corrected chi connectivity index (χ3v) is 3.08. The molecular formula is C13H9ClF2N2O2. The molecule has 0 saturated carbocycles. The number of rotatable bonds is 3. The monoisotopic (exact) mass is 298 g/mol. The summed E-state index contributed by atoms with van der Waals surface area (Å²) in [6.45, 7) is 0.442. The Bertz CT molecular complexity index is 652. The summed E-state index contributed by atoms with van der Waals surface area (Å²) in [6, 6.07) is 6.27. The summed E-state index contributed by atoms with van der Waals surface area (Å²) in [5, 5.41) is 3.60. The Hall–Kier alpha value is -2.08. The molecule has 0 amide bonds. The Morgan fingerprint density at radius 3 is 2.80 bits per heavy atom. The summed E-state index contributed by atoms with van der Waals surface area (Å²) in [5.41, 5.74) is 1.47. The largest absolute Gasteiger partial charge is 0.586 e. The molecule has 2 heterocycles. The van der Waals surface area contributed by atoms with Crippen LogP contribution in [0.5, 0.6) is 11.5 Å². The van der Waals surface area contributed by atoms with E-state index < -0.39 is 6.29 Å². The van der Waals surface area contributed by atoms with E-state index in [4.69, 9.17) is 11.6 Å². The van der Waals surface area contributed by atoms with Crippen LogP contribution in [0.2, 0.25) is 5.02 Å². The molecule has 104 valence electrons. The molecule has 0 radical (unpaired) electrons. The van der Waals surface area contributed by atoms with Gasteiger partial charge in [-0.1, -0.05) is 11.6 Å². The Labute approximate surface area is 118 Å². The third-order valence-electron chi connectivity index (χ3n) is 2.74. The molecule has 0 spiro atoms. The number of hydrogen-bond acceptors (Lipinski definition) is 4. The van der Waals surface area contributed by atoms with Crippen LogP contribution >= 0.6 is 11.6 Å². The van der Waals surface area contributed by atoms with E-state index in [9.17, 15) is 8.78 Å². The maximum atomic E-state index is 12.9. The Kier molecular flexibility index (Phi) is 3.10. The number of alkyl halides is 2. The quantitative estimate of drug-likeness (QED) is 0.939. The summed E-state index contributed by atoms with van der Waals surface area (Å²) >= 11 is 5.98. The molecule has 0 bridgehead atoms. The van der Waals surface area contributed by atoms with Crippen molar-refractivity contribution in [2.75, 3.05) is 5.32 Å². The molecule has 2 aromatic rings. The second-order valence-electron chi connectivity index (χ2n) is 4.15. The second kappa shape index (κ2) is 4.79. The zero-order valence-electron chi connectivity index (χ0n) is 10.1. The molecule has 0 unspecified atom stereocenters. The highest BCUT2D eigenvalue weighted by molar-refractivity contribution is 6.31. The van der Waals surface area contributed by atoms with Gasteiger partial charge in [0, 0.05) is 30.7 Å². The molecule has 0 saturated heterocycles. The third kappa shape index (κ3) is 2.60. The fraction of sp³-hybridized carbons (Fsp3) is 0.154. The van der Waals surface area contributed by atoms with Crippen LogP contribution in [0.4, 0.5) is 14.5 Å². The molecule has 0 aliphatic carbocycles. The molecule has 1 aromatic heterocycles. The predicted molar refractivity (Wildman–Crippen MR) is 69.2 cm³/mol. The van der Waals surface area contributed by atoms with Crippen LogP contribution < -0.4 is 14.8 Å². The molecule has 1 aromatic carbocycles. The number of anilines is 1. The Morgan fingerprint density at radius 1 is 1.20 bits per heavy atom. The molecule has 3 rings (SSSR count). The molecule has 0 atom stereocenters. The summed E-state index contributed by atoms with van der Waals surface area (Å²) < 4.78 is 34.5. The minimum absolute atomic E-state index is 0.000764. The summed E-state index contributed by atoms with van der Waals surface area (Å²) in [4.78, 5) is 3.88. The van der Waals surface area contributed by atoms with Gasteiger partial charge >= 0.3 is 6.29 Å². The van der Waals surface area contributed by atoms with Crippen LogP contribution in [0.15, 0.2) is 36.7 Å². The van der Waals surface area contributed by atoms with Crippen LogP contribution in [0.3, 0.4) is 0 Å². The van der Waals surface area contributed by atoms with E-state index in [1.165, 1.54) is 12.1 Å². The fourth-order valence-corrected chi connectivity index (χ4v) is 1.99. The number of pyridine rings is 1. The maximum absolute atomic E-state index is 12.9. The molecule has 0 fully saturated rings. The molecule has 1 N–H and O–H groups in total. The van der Waals surface area contributed by atoms with Gasteiger partial charge in [0.2, 0.25) is 0 Å². The van der Waals surface area contributed by atoms with Gasteiger partial charge in [-0.05, 0) is 23.8 Å². The van der Waals surface area contributed by atoms with E-state index in [1.807, 2.05) is 0 Å². The number of benzene rings is 1. The van der Waals surface area contributed by atoms with Crippen LogP contribution in [-0.4, -0.2) is 11.3 Å². The van der Waals surface area contributed by atoms with Gasteiger partial charge in [-0.2, -0.15) is 0 Å². The van der Waals surface area contributed by atoms with Gasteiger partial charge < -0.3 is 14.8 Å². The summed E-state index contributed by atoms with van der Waals surface area (Å²) in [7, 11) is 0. The lowest BCUT2D eigenvalue weighted by molar-refractivity contribution is -0.286. The van der Waals surface area contributed by atoms with Crippen molar-refractivity contribution in [2.24, 2.45) is 0 Å². The van der Waals surface area contributed by atoms with E-state index in [0.717, 1.165) is 5.56 Å². The standard InChI is InChI=1S/C13H9ClF2N2O2/c14-10-7-17-4-3-8(10)6-18-9-1-2-11-12(5-9)20-13(15,16)19-11/h1-5,7,18H,6H2. The van der Waals surface area contributed by atoms with Crippen LogP contribution in [0.25, 0.3) is 0 Å². The van der Waals surface area contributed by atoms with Gasteiger partial charge in [-0.3, -0.25) is 4.98 Å². The van der Waals surface area contributed by atoms with E-state index in [2.05, 4.69) is 19.8 Å². The zero-order valence-corrected chi connectivity index (χ0v) is 10.8. The first-order chi connectivity index (χ1) is 9.53. The van der Waals surface area contributed by atoms with Crippen molar-refractivity contribution in [3.63, 3.8) is 0 Å². The van der Waals surface area contributed by atoms with Crippen molar-refractivity contribution in [3.8, 4) is 11.5 Å². The van der Waals surface area contributed by atoms with Gasteiger partial charge in [0.25, 0.3) is 0 Å². The molecule has 20 heavy (non-hydrogen) atoms. The normalized spacial score (nSPS) is 15.2. The van der Waals surface area contributed by atoms with E-state index in [1.54, 1.807) is 24.5 Å². The van der Waals surface area contributed by atoms with Crippen molar-refractivity contribution >= 4 is 17.3 Å². The molecule has 1 aliphatic heterocycles. The minimum atomic E-state index is -3.60. The highest BCUT2D eigenvalue weighted by Crippen LogP contribution is 2.42. The van der Waals surface area contributed by atoms with Crippen LogP contribution in [0.1, 0.15) is 5.56 Å². The van der Waals surface area contributed by atoms with Crippen molar-refractivity contribution in [1.29, 1.82) is 0 Å². The Balaban J connectivity index is 1.73. The molecule has 1 aliphatic rings. The summed E-state index contributed by atoms with van der Waals surface area (Å²) in [6.07, 6.45) is -0.433. The fourth-order valence-electron chi connectivity index (χ4n) is 1.80. The van der Waals surface area contributed by atoms with Crippen molar-refractivity contribution in [3.05, 3.63) is 47.2 Å². The number of ether oxygens (including phenoxy) is 2. The molecular weight excluding hydrogens is 290 g/mol. The van der Waals surface area contributed by atoms with E-state index in [0.29, 0.717) is 17.3 Å². The summed E-state index contributed by atoms with van der Waals surface area (Å²) in [5.74, 6) is 0.0170. The molecule has 4 nitrogen and oxygen atoms in total. The minimum Gasteiger partial charge on any atom is -0.395 e. The Morgan fingerprint density at radius 2 is 2.00 bits per heavy atom. The zero-order chi connectivity index (χ0) is 14.2. The van der Waals surface area contributed by atoms with Gasteiger partial charge in [0.15, 0.2) is 11.5 Å². The molecule has 7 heteroatoms. The average molecular weight is 299 g/mol. The lowest BCUT2D eigenvalue weighted by Crippen LogP contribution is -2.25. The topological polar surface area (TPSA) is 43.4 Å². The van der Waals surface area contributed by atoms with E-state index >= 15 is 0 Å². The number of nitrogens with one attached hydrogen (secondary N) is 1. The van der Waals surface area contributed by atoms with Crippen LogP contribution in [-0.2, 0) is 6.54 Å². The van der Waals surface area contributed by atoms with E-state index in [-0.39, 0.29) is 11.5 Å². The number of hydrogen-bond donors (Lipinski definition) is 1. The van der Waals surface area contributed by atoms with Gasteiger partial charge in [-0.15, -0.1) is 8.78 Å². The smallest absolute Gasteiger partial charge is 0.395 e. The SMILES string of the molecule is FC1(F)Oc2ccc(NCc3ccncc3Cl)cc2O1. The first-order valence-corrected chi connectivity index (χ1v) is 6.13. The predicted octanol–water partition coefficient (Wildman–Crippen LogP) is 3.67. The van der Waals surface area contributed by atoms with Gasteiger partial charge in [-0.25, -0.2) is 0 Å². The number of halogens is 3. The second-order valence-corrected chi connectivity index (χ2v) is 4.56. The maximum Gasteiger partial charge on any atom is 0.586 e. The number of aromatic nitrogens is 1. The lowest BCUT2D eigenvalue weighted by Gasteiger charge is -2.08. The van der Waals surface area contributed by atoms with Crippen molar-refractivity contribution in [1.82, 2.24) is 4.98 Å². The first kappa shape index (κ1) is 12.9.